The number of ether oxygens (including phenoxy) is 1. The highest BCUT2D eigenvalue weighted by Crippen LogP contribution is 2.11. The Morgan fingerprint density at radius 1 is 1.18 bits per heavy atom. The van der Waals surface area contributed by atoms with E-state index >= 15 is 0 Å². The lowest BCUT2D eigenvalue weighted by Crippen LogP contribution is -2.38. The van der Waals surface area contributed by atoms with Crippen molar-refractivity contribution in [3.8, 4) is 5.75 Å². The summed E-state index contributed by atoms with van der Waals surface area (Å²) >= 11 is 0. The summed E-state index contributed by atoms with van der Waals surface area (Å²) in [6.45, 7) is 4.22. The standard InChI is InChI=1S/C17H23N3O2/c1-3-18-17(20-13-16-5-4-12-22-16)19-11-10-14-6-8-15(21-2)9-7-14/h4-9,12H,3,10-11,13H2,1-2H3,(H2,18,19,20). The van der Waals surface area contributed by atoms with Crippen molar-refractivity contribution >= 4 is 5.96 Å². The Morgan fingerprint density at radius 2 is 2.00 bits per heavy atom. The molecule has 2 N–H and O–H groups in total. The molecule has 22 heavy (non-hydrogen) atoms. The minimum absolute atomic E-state index is 0.533. The van der Waals surface area contributed by atoms with Gasteiger partial charge in [-0.05, 0) is 43.2 Å². The Kier molecular flexibility index (Phi) is 6.36. The third kappa shape index (κ3) is 5.16. The molecule has 2 rings (SSSR count). The molecule has 0 atom stereocenters. The Labute approximate surface area is 131 Å². The van der Waals surface area contributed by atoms with Gasteiger partial charge in [-0.3, -0.25) is 0 Å². The maximum absolute atomic E-state index is 5.28. The van der Waals surface area contributed by atoms with E-state index in [4.69, 9.17) is 9.15 Å². The first-order chi connectivity index (χ1) is 10.8. The average Bonchev–Trinajstić information content (AvgIpc) is 3.06. The van der Waals surface area contributed by atoms with Crippen LogP contribution in [0, 0.1) is 0 Å². The van der Waals surface area contributed by atoms with Gasteiger partial charge in [0.1, 0.15) is 18.1 Å². The zero-order valence-corrected chi connectivity index (χ0v) is 13.1. The third-order valence-corrected chi connectivity index (χ3v) is 3.18. The number of aliphatic imine (C=N–C) groups is 1. The molecule has 5 heteroatoms. The van der Waals surface area contributed by atoms with E-state index in [1.165, 1.54) is 5.56 Å². The molecule has 1 aromatic heterocycles. The van der Waals surface area contributed by atoms with Crippen LogP contribution in [-0.2, 0) is 13.0 Å². The number of guanidine groups is 1. The van der Waals surface area contributed by atoms with Crippen LogP contribution in [0.5, 0.6) is 5.75 Å². The fourth-order valence-electron chi connectivity index (χ4n) is 2.02. The number of furan rings is 1. The number of methoxy groups -OCH3 is 1. The van der Waals surface area contributed by atoms with Crippen LogP contribution >= 0.6 is 0 Å². The van der Waals surface area contributed by atoms with Gasteiger partial charge >= 0.3 is 0 Å². The lowest BCUT2D eigenvalue weighted by atomic mass is 10.1. The van der Waals surface area contributed by atoms with Crippen LogP contribution in [0.4, 0.5) is 0 Å². The topological polar surface area (TPSA) is 58.8 Å². The van der Waals surface area contributed by atoms with Gasteiger partial charge in [0.25, 0.3) is 0 Å². The van der Waals surface area contributed by atoms with Crippen LogP contribution in [0.3, 0.4) is 0 Å². The van der Waals surface area contributed by atoms with Crippen LogP contribution in [0.1, 0.15) is 18.2 Å². The molecule has 0 aliphatic carbocycles. The van der Waals surface area contributed by atoms with E-state index in [1.807, 2.05) is 31.2 Å². The van der Waals surface area contributed by atoms with E-state index in [9.17, 15) is 0 Å². The molecular weight excluding hydrogens is 278 g/mol. The van der Waals surface area contributed by atoms with Crippen molar-refractivity contribution < 1.29 is 9.15 Å². The van der Waals surface area contributed by atoms with E-state index in [0.717, 1.165) is 37.0 Å². The van der Waals surface area contributed by atoms with E-state index in [0.29, 0.717) is 6.54 Å². The third-order valence-electron chi connectivity index (χ3n) is 3.18. The SMILES string of the molecule is CCNC(=NCc1ccco1)NCCc1ccc(OC)cc1. The van der Waals surface area contributed by atoms with Crippen LogP contribution in [0.25, 0.3) is 0 Å². The lowest BCUT2D eigenvalue weighted by molar-refractivity contribution is 0.414. The smallest absolute Gasteiger partial charge is 0.191 e. The van der Waals surface area contributed by atoms with Crippen molar-refractivity contribution in [2.75, 3.05) is 20.2 Å². The number of hydrogen-bond acceptors (Lipinski definition) is 3. The van der Waals surface area contributed by atoms with Crippen LogP contribution < -0.4 is 15.4 Å². The second-order valence-corrected chi connectivity index (χ2v) is 4.80. The molecule has 2 aromatic rings. The highest BCUT2D eigenvalue weighted by atomic mass is 16.5. The maximum atomic E-state index is 5.28. The fraction of sp³-hybridized carbons (Fsp3) is 0.353. The molecular formula is C17H23N3O2. The second-order valence-electron chi connectivity index (χ2n) is 4.80. The lowest BCUT2D eigenvalue weighted by Gasteiger charge is -2.11. The average molecular weight is 301 g/mol. The van der Waals surface area contributed by atoms with Gasteiger partial charge in [0.15, 0.2) is 5.96 Å². The molecule has 0 spiro atoms. The van der Waals surface area contributed by atoms with Gasteiger partial charge in [-0.2, -0.15) is 0 Å². The molecule has 5 nitrogen and oxygen atoms in total. The molecule has 0 aliphatic heterocycles. The zero-order chi connectivity index (χ0) is 15.6. The Morgan fingerprint density at radius 3 is 2.64 bits per heavy atom. The van der Waals surface area contributed by atoms with Crippen molar-refractivity contribution in [3.05, 3.63) is 54.0 Å². The zero-order valence-electron chi connectivity index (χ0n) is 13.1. The van der Waals surface area contributed by atoms with Crippen LogP contribution in [0.2, 0.25) is 0 Å². The number of hydrogen-bond donors (Lipinski definition) is 2. The van der Waals surface area contributed by atoms with Crippen molar-refractivity contribution in [2.45, 2.75) is 19.9 Å². The van der Waals surface area contributed by atoms with E-state index in [2.05, 4.69) is 27.8 Å². The van der Waals surface area contributed by atoms with E-state index in [1.54, 1.807) is 13.4 Å². The van der Waals surface area contributed by atoms with Gasteiger partial charge in [0, 0.05) is 13.1 Å². The molecule has 0 fully saturated rings. The van der Waals surface area contributed by atoms with Gasteiger partial charge in [-0.15, -0.1) is 0 Å². The fourth-order valence-corrected chi connectivity index (χ4v) is 2.02. The summed E-state index contributed by atoms with van der Waals surface area (Å²) in [7, 11) is 1.68. The summed E-state index contributed by atoms with van der Waals surface area (Å²) in [5.74, 6) is 2.53. The summed E-state index contributed by atoms with van der Waals surface area (Å²) in [6, 6.07) is 11.9. The Hall–Kier alpha value is -2.43. The second kappa shape index (κ2) is 8.77. The summed E-state index contributed by atoms with van der Waals surface area (Å²) < 4.78 is 10.4. The van der Waals surface area contributed by atoms with E-state index < -0.39 is 0 Å². The summed E-state index contributed by atoms with van der Waals surface area (Å²) in [5, 5.41) is 6.55. The number of nitrogens with zero attached hydrogens (tertiary/aromatic N) is 1. The van der Waals surface area contributed by atoms with Gasteiger partial charge in [-0.25, -0.2) is 4.99 Å². The highest BCUT2D eigenvalue weighted by molar-refractivity contribution is 5.79. The molecule has 0 saturated heterocycles. The molecule has 0 saturated carbocycles. The first-order valence-corrected chi connectivity index (χ1v) is 7.49. The van der Waals surface area contributed by atoms with Crippen LogP contribution in [-0.4, -0.2) is 26.2 Å². The van der Waals surface area contributed by atoms with Gasteiger partial charge in [0.2, 0.25) is 0 Å². The summed E-state index contributed by atoms with van der Waals surface area (Å²) in [4.78, 5) is 4.50. The summed E-state index contributed by atoms with van der Waals surface area (Å²) in [6.07, 6.45) is 2.59. The maximum Gasteiger partial charge on any atom is 0.191 e. The Bertz CT molecular complexity index is 562. The summed E-state index contributed by atoms with van der Waals surface area (Å²) in [5.41, 5.74) is 1.26. The van der Waals surface area contributed by atoms with E-state index in [-0.39, 0.29) is 0 Å². The number of nitrogens with one attached hydrogen (secondary N) is 2. The predicted octanol–water partition coefficient (Wildman–Crippen LogP) is 2.59. The number of benzene rings is 1. The minimum Gasteiger partial charge on any atom is -0.497 e. The Balaban J connectivity index is 1.81. The highest BCUT2D eigenvalue weighted by Gasteiger charge is 2.00. The number of rotatable bonds is 7. The largest absolute Gasteiger partial charge is 0.497 e. The van der Waals surface area contributed by atoms with Gasteiger partial charge in [0.05, 0.1) is 13.4 Å². The monoisotopic (exact) mass is 301 g/mol. The molecule has 0 amide bonds. The van der Waals surface area contributed by atoms with Crippen LogP contribution in [0.15, 0.2) is 52.1 Å². The molecule has 0 bridgehead atoms. The first-order valence-electron chi connectivity index (χ1n) is 7.49. The van der Waals surface area contributed by atoms with Crippen molar-refractivity contribution in [2.24, 2.45) is 4.99 Å². The molecule has 118 valence electrons. The quantitative estimate of drug-likeness (QED) is 0.609. The van der Waals surface area contributed by atoms with Crippen molar-refractivity contribution in [1.29, 1.82) is 0 Å². The molecule has 1 heterocycles. The molecule has 0 radical (unpaired) electrons. The van der Waals surface area contributed by atoms with Crippen molar-refractivity contribution in [1.82, 2.24) is 10.6 Å². The molecule has 0 unspecified atom stereocenters. The molecule has 1 aromatic carbocycles. The predicted molar refractivity (Wildman–Crippen MR) is 88.2 cm³/mol. The first kappa shape index (κ1) is 15.9. The van der Waals surface area contributed by atoms with Crippen molar-refractivity contribution in [3.63, 3.8) is 0 Å². The normalized spacial score (nSPS) is 11.3. The molecule has 0 aliphatic rings. The van der Waals surface area contributed by atoms with Gasteiger partial charge in [-0.1, -0.05) is 12.1 Å². The van der Waals surface area contributed by atoms with Gasteiger partial charge < -0.3 is 19.8 Å². The minimum atomic E-state index is 0.533.